The molecule has 0 aromatic carbocycles. The van der Waals surface area contributed by atoms with Gasteiger partial charge in [0.25, 0.3) is 0 Å². The molecule has 0 aliphatic heterocycles. The number of nitrogens with two attached hydrogens (primary N) is 1. The molecular formula is C10H14N6OS. The second-order valence-corrected chi connectivity index (χ2v) is 4.92. The third-order valence-electron chi connectivity index (χ3n) is 1.84. The van der Waals surface area contributed by atoms with Crippen LogP contribution < -0.4 is 10.5 Å². The molecule has 7 nitrogen and oxygen atoms in total. The third kappa shape index (κ3) is 3.33. The molecular weight excluding hydrogens is 252 g/mol. The third-order valence-corrected chi connectivity index (χ3v) is 2.65. The van der Waals surface area contributed by atoms with E-state index in [1.165, 1.54) is 11.8 Å². The molecule has 2 rings (SSSR count). The average Bonchev–Trinajstić information content (AvgIpc) is 2.61. The molecule has 0 unspecified atom stereocenters. The van der Waals surface area contributed by atoms with Crippen LogP contribution in [0.25, 0.3) is 0 Å². The lowest BCUT2D eigenvalue weighted by atomic mass is 10.5. The second kappa shape index (κ2) is 5.21. The van der Waals surface area contributed by atoms with E-state index < -0.39 is 0 Å². The van der Waals surface area contributed by atoms with Gasteiger partial charge in [0.1, 0.15) is 0 Å². The minimum Gasteiger partial charge on any atom is -0.461 e. The number of rotatable bonds is 4. The lowest BCUT2D eigenvalue weighted by Crippen LogP contribution is -2.10. The lowest BCUT2D eigenvalue weighted by molar-refractivity contribution is 0.219. The van der Waals surface area contributed by atoms with Gasteiger partial charge in [-0.1, -0.05) is 0 Å². The maximum atomic E-state index is 5.62. The van der Waals surface area contributed by atoms with Gasteiger partial charge in [-0.25, -0.2) is 0 Å². The van der Waals surface area contributed by atoms with E-state index in [-0.39, 0.29) is 18.1 Å². The Bertz CT molecular complexity index is 541. The number of aromatic nitrogens is 5. The van der Waals surface area contributed by atoms with Gasteiger partial charge in [0, 0.05) is 13.2 Å². The Hall–Kier alpha value is -1.83. The summed E-state index contributed by atoms with van der Waals surface area (Å²) in [7, 11) is 1.85. The molecule has 0 bridgehead atoms. The Morgan fingerprint density at radius 1 is 1.33 bits per heavy atom. The summed E-state index contributed by atoms with van der Waals surface area (Å²) in [4.78, 5) is 13.1. The van der Waals surface area contributed by atoms with Gasteiger partial charge < -0.3 is 10.5 Å². The topological polar surface area (TPSA) is 91.7 Å². The van der Waals surface area contributed by atoms with Crippen molar-refractivity contribution in [1.29, 1.82) is 0 Å². The van der Waals surface area contributed by atoms with E-state index in [9.17, 15) is 0 Å². The van der Waals surface area contributed by atoms with E-state index in [1.54, 1.807) is 10.9 Å². The van der Waals surface area contributed by atoms with Crippen molar-refractivity contribution in [1.82, 2.24) is 24.7 Å². The second-order valence-electron chi connectivity index (χ2n) is 3.88. The summed E-state index contributed by atoms with van der Waals surface area (Å²) in [5, 5.41) is 4.56. The van der Waals surface area contributed by atoms with E-state index in [0.717, 1.165) is 4.90 Å². The van der Waals surface area contributed by atoms with Crippen molar-refractivity contribution in [3.05, 3.63) is 12.4 Å². The van der Waals surface area contributed by atoms with Crippen molar-refractivity contribution >= 4 is 17.7 Å². The first-order valence-corrected chi connectivity index (χ1v) is 6.19. The maximum absolute atomic E-state index is 5.62. The zero-order chi connectivity index (χ0) is 13.1. The summed E-state index contributed by atoms with van der Waals surface area (Å²) >= 11 is 1.36. The summed E-state index contributed by atoms with van der Waals surface area (Å²) in [6, 6.07) is 0.240. The molecule has 96 valence electrons. The molecule has 0 fully saturated rings. The molecule has 0 spiro atoms. The molecule has 2 N–H and O–H groups in total. The van der Waals surface area contributed by atoms with Crippen molar-refractivity contribution < 1.29 is 4.74 Å². The Balaban J connectivity index is 2.19. The molecule has 18 heavy (non-hydrogen) atoms. The van der Waals surface area contributed by atoms with Crippen molar-refractivity contribution in [2.24, 2.45) is 7.05 Å². The van der Waals surface area contributed by atoms with Crippen LogP contribution in [0.4, 0.5) is 5.95 Å². The molecule has 0 amide bonds. The van der Waals surface area contributed by atoms with Gasteiger partial charge in [-0.05, 0) is 25.6 Å². The van der Waals surface area contributed by atoms with Crippen molar-refractivity contribution in [2.45, 2.75) is 30.0 Å². The number of aryl methyl sites for hydroxylation is 1. The molecule has 0 atom stereocenters. The number of nitrogen functional groups attached to an aromatic ring is 1. The molecule has 2 heterocycles. The molecule has 0 aliphatic carbocycles. The van der Waals surface area contributed by atoms with E-state index in [0.29, 0.717) is 5.16 Å². The van der Waals surface area contributed by atoms with Crippen molar-refractivity contribution in [2.75, 3.05) is 5.73 Å². The summed E-state index contributed by atoms with van der Waals surface area (Å²) in [6.45, 7) is 3.79. The monoisotopic (exact) mass is 266 g/mol. The van der Waals surface area contributed by atoms with Gasteiger partial charge in [-0.15, -0.1) is 0 Å². The number of ether oxygens (including phenoxy) is 1. The maximum Gasteiger partial charge on any atom is 0.322 e. The van der Waals surface area contributed by atoms with Gasteiger partial charge in [0.2, 0.25) is 11.1 Å². The smallest absolute Gasteiger partial charge is 0.322 e. The van der Waals surface area contributed by atoms with E-state index in [1.807, 2.05) is 27.1 Å². The van der Waals surface area contributed by atoms with Crippen LogP contribution >= 0.6 is 11.8 Å². The number of nitrogens with zero attached hydrogens (tertiary/aromatic N) is 5. The van der Waals surface area contributed by atoms with E-state index in [2.05, 4.69) is 20.1 Å². The van der Waals surface area contributed by atoms with Gasteiger partial charge >= 0.3 is 6.01 Å². The number of anilines is 1. The molecule has 2 aromatic rings. The quantitative estimate of drug-likeness (QED) is 0.886. The Morgan fingerprint density at radius 2 is 2.11 bits per heavy atom. The van der Waals surface area contributed by atoms with Gasteiger partial charge in [0.05, 0.1) is 17.2 Å². The zero-order valence-electron chi connectivity index (χ0n) is 10.4. The van der Waals surface area contributed by atoms with Crippen LogP contribution in [0.1, 0.15) is 13.8 Å². The summed E-state index contributed by atoms with van der Waals surface area (Å²) in [6.07, 6.45) is 3.59. The van der Waals surface area contributed by atoms with Crippen molar-refractivity contribution in [3.63, 3.8) is 0 Å². The first kappa shape index (κ1) is 12.6. The molecule has 0 saturated carbocycles. The summed E-state index contributed by atoms with van der Waals surface area (Å²) < 4.78 is 7.11. The highest BCUT2D eigenvalue weighted by molar-refractivity contribution is 7.99. The Morgan fingerprint density at radius 3 is 2.72 bits per heavy atom. The fraction of sp³-hybridized carbons (Fsp3) is 0.400. The lowest BCUT2D eigenvalue weighted by Gasteiger charge is -2.08. The summed E-state index contributed by atoms with van der Waals surface area (Å²) in [5.74, 6) is 0.145. The molecule has 0 aliphatic rings. The van der Waals surface area contributed by atoms with Crippen LogP contribution in [0.3, 0.4) is 0 Å². The normalized spacial score (nSPS) is 10.9. The predicted molar refractivity (Wildman–Crippen MR) is 67.3 cm³/mol. The highest BCUT2D eigenvalue weighted by Gasteiger charge is 2.09. The Labute approximate surface area is 109 Å². The van der Waals surface area contributed by atoms with E-state index in [4.69, 9.17) is 10.5 Å². The van der Waals surface area contributed by atoms with Crippen molar-refractivity contribution in [3.8, 4) is 6.01 Å². The fourth-order valence-corrected chi connectivity index (χ4v) is 2.00. The standard InChI is InChI=1S/C10H14N6OS/c1-6(2)17-9-13-8(11)14-10(15-9)18-7-4-12-16(3)5-7/h4-6H,1-3H3,(H2,11,13,14,15). The predicted octanol–water partition coefficient (Wildman–Crippen LogP) is 1.13. The first-order chi connectivity index (χ1) is 8.52. The first-order valence-electron chi connectivity index (χ1n) is 5.37. The molecule has 8 heteroatoms. The van der Waals surface area contributed by atoms with Crippen LogP contribution in [0.5, 0.6) is 6.01 Å². The van der Waals surface area contributed by atoms with Gasteiger partial charge in [0.15, 0.2) is 0 Å². The highest BCUT2D eigenvalue weighted by atomic mass is 32.2. The average molecular weight is 266 g/mol. The van der Waals surface area contributed by atoms with E-state index >= 15 is 0 Å². The number of hydrogen-bond acceptors (Lipinski definition) is 7. The van der Waals surface area contributed by atoms with Gasteiger partial charge in [-0.2, -0.15) is 20.1 Å². The molecule has 0 radical (unpaired) electrons. The Kier molecular flexibility index (Phi) is 3.66. The van der Waals surface area contributed by atoms with Crippen LogP contribution in [0.2, 0.25) is 0 Å². The van der Waals surface area contributed by atoms with Crippen LogP contribution in [-0.4, -0.2) is 30.8 Å². The van der Waals surface area contributed by atoms with Gasteiger partial charge in [-0.3, -0.25) is 4.68 Å². The largest absolute Gasteiger partial charge is 0.461 e. The molecule has 0 saturated heterocycles. The summed E-state index contributed by atoms with van der Waals surface area (Å²) in [5.41, 5.74) is 5.62. The SMILES string of the molecule is CC(C)Oc1nc(N)nc(Sc2cnn(C)c2)n1. The van der Waals surface area contributed by atoms with Crippen LogP contribution in [0.15, 0.2) is 22.4 Å². The minimum absolute atomic E-state index is 0.0111. The fourth-order valence-electron chi connectivity index (χ4n) is 1.22. The highest BCUT2D eigenvalue weighted by Crippen LogP contribution is 2.25. The minimum atomic E-state index is -0.0111. The van der Waals surface area contributed by atoms with Crippen LogP contribution in [0, 0.1) is 0 Å². The zero-order valence-corrected chi connectivity index (χ0v) is 11.2. The molecule has 2 aromatic heterocycles. The number of hydrogen-bond donors (Lipinski definition) is 1. The van der Waals surface area contributed by atoms with Crippen LogP contribution in [-0.2, 0) is 7.05 Å².